The first-order valence-electron chi connectivity index (χ1n) is 8.17. The van der Waals surface area contributed by atoms with E-state index in [2.05, 4.69) is 37.7 Å². The van der Waals surface area contributed by atoms with Gasteiger partial charge in [-0.3, -0.25) is 14.3 Å². The average molecular weight is 345 g/mol. The van der Waals surface area contributed by atoms with Gasteiger partial charge in [0.25, 0.3) is 0 Å². The molecule has 1 fully saturated rings. The second-order valence-electron chi connectivity index (χ2n) is 6.18. The molecule has 3 aromatic heterocycles. The third-order valence-corrected chi connectivity index (χ3v) is 5.36. The van der Waals surface area contributed by atoms with Crippen LogP contribution in [0.4, 0.5) is 4.39 Å². The number of hydrogen-bond donors (Lipinski definition) is 1. The van der Waals surface area contributed by atoms with Crippen LogP contribution in [0.1, 0.15) is 17.0 Å². The van der Waals surface area contributed by atoms with Gasteiger partial charge in [-0.25, -0.2) is 9.37 Å². The minimum absolute atomic E-state index is 0.239. The van der Waals surface area contributed by atoms with E-state index in [1.165, 1.54) is 4.88 Å². The van der Waals surface area contributed by atoms with E-state index in [-0.39, 0.29) is 6.04 Å². The minimum atomic E-state index is -0.723. The predicted molar refractivity (Wildman–Crippen MR) is 92.7 cm³/mol. The standard InChI is InChI=1S/C17H20FN5S/c18-13-6-14(22(11-13)12-16-2-1-5-24-16)7-20-8-15-9-21-17-10-19-3-4-23(15)17/h1-5,9-10,13-14,20H,6-8,11-12H2/t13-,14-/m0/s1. The lowest BCUT2D eigenvalue weighted by atomic mass is 10.2. The van der Waals surface area contributed by atoms with Crippen molar-refractivity contribution < 1.29 is 4.39 Å². The number of imidazole rings is 1. The van der Waals surface area contributed by atoms with E-state index in [1.54, 1.807) is 23.7 Å². The first-order valence-corrected chi connectivity index (χ1v) is 9.05. The van der Waals surface area contributed by atoms with Gasteiger partial charge >= 0.3 is 0 Å². The molecule has 126 valence electrons. The van der Waals surface area contributed by atoms with Crippen LogP contribution in [0.2, 0.25) is 0 Å². The number of hydrogen-bond acceptors (Lipinski definition) is 5. The van der Waals surface area contributed by atoms with Gasteiger partial charge < -0.3 is 5.32 Å². The first kappa shape index (κ1) is 15.7. The van der Waals surface area contributed by atoms with Gasteiger partial charge in [0.1, 0.15) is 6.17 Å². The smallest absolute Gasteiger partial charge is 0.155 e. The summed E-state index contributed by atoms with van der Waals surface area (Å²) in [5.41, 5.74) is 1.94. The van der Waals surface area contributed by atoms with Crippen LogP contribution in [-0.4, -0.2) is 44.6 Å². The molecule has 0 aliphatic carbocycles. The van der Waals surface area contributed by atoms with Crippen LogP contribution in [-0.2, 0) is 13.1 Å². The summed E-state index contributed by atoms with van der Waals surface area (Å²) >= 11 is 1.73. The van der Waals surface area contributed by atoms with E-state index in [9.17, 15) is 4.39 Å². The van der Waals surface area contributed by atoms with Crippen LogP contribution in [0.15, 0.2) is 42.3 Å². The average Bonchev–Trinajstić information content (AvgIpc) is 3.30. The summed E-state index contributed by atoms with van der Waals surface area (Å²) in [6.45, 7) is 2.87. The van der Waals surface area contributed by atoms with E-state index in [4.69, 9.17) is 0 Å². The minimum Gasteiger partial charge on any atom is -0.310 e. The van der Waals surface area contributed by atoms with Crippen molar-refractivity contribution in [1.82, 2.24) is 24.6 Å². The van der Waals surface area contributed by atoms with Crippen molar-refractivity contribution in [3.8, 4) is 0 Å². The van der Waals surface area contributed by atoms with Gasteiger partial charge in [0, 0.05) is 49.5 Å². The number of thiophene rings is 1. The Kier molecular flexibility index (Phi) is 4.55. The second-order valence-corrected chi connectivity index (χ2v) is 7.21. The Bertz CT molecular complexity index is 787. The van der Waals surface area contributed by atoms with Crippen molar-refractivity contribution in [2.45, 2.75) is 31.7 Å². The van der Waals surface area contributed by atoms with Crippen molar-refractivity contribution in [3.63, 3.8) is 0 Å². The summed E-state index contributed by atoms with van der Waals surface area (Å²) in [5.74, 6) is 0. The zero-order valence-corrected chi connectivity index (χ0v) is 14.1. The number of nitrogens with zero attached hydrogens (tertiary/aromatic N) is 4. The van der Waals surface area contributed by atoms with Gasteiger partial charge in [-0.2, -0.15) is 0 Å². The maximum absolute atomic E-state index is 13.9. The molecule has 4 heterocycles. The van der Waals surface area contributed by atoms with Gasteiger partial charge in [0.15, 0.2) is 5.65 Å². The van der Waals surface area contributed by atoms with Crippen molar-refractivity contribution in [1.29, 1.82) is 0 Å². The summed E-state index contributed by atoms with van der Waals surface area (Å²) in [4.78, 5) is 12.0. The molecule has 0 bridgehead atoms. The fourth-order valence-corrected chi connectivity index (χ4v) is 4.05. The highest BCUT2D eigenvalue weighted by Crippen LogP contribution is 2.24. The Labute approximate surface area is 144 Å². The highest BCUT2D eigenvalue weighted by atomic mass is 32.1. The maximum Gasteiger partial charge on any atom is 0.155 e. The molecule has 1 aliphatic heterocycles. The van der Waals surface area contributed by atoms with E-state index in [1.807, 2.05) is 16.8 Å². The Morgan fingerprint density at radius 2 is 2.33 bits per heavy atom. The van der Waals surface area contributed by atoms with Crippen molar-refractivity contribution >= 4 is 17.0 Å². The molecule has 0 spiro atoms. The Balaban J connectivity index is 1.35. The van der Waals surface area contributed by atoms with E-state index < -0.39 is 6.17 Å². The Hall–Kier alpha value is -1.83. The molecular formula is C17H20FN5S. The number of aromatic nitrogens is 3. The Morgan fingerprint density at radius 3 is 3.21 bits per heavy atom. The maximum atomic E-state index is 13.9. The second kappa shape index (κ2) is 6.96. The third kappa shape index (κ3) is 3.33. The summed E-state index contributed by atoms with van der Waals surface area (Å²) < 4.78 is 15.9. The number of alkyl halides is 1. The van der Waals surface area contributed by atoms with Crippen LogP contribution in [0, 0.1) is 0 Å². The molecule has 1 N–H and O–H groups in total. The molecule has 0 saturated carbocycles. The highest BCUT2D eigenvalue weighted by molar-refractivity contribution is 7.09. The lowest BCUT2D eigenvalue weighted by Crippen LogP contribution is -2.37. The highest BCUT2D eigenvalue weighted by Gasteiger charge is 2.31. The van der Waals surface area contributed by atoms with Crippen molar-refractivity contribution in [2.24, 2.45) is 0 Å². The summed E-state index contributed by atoms with van der Waals surface area (Å²) in [7, 11) is 0. The zero-order valence-electron chi connectivity index (χ0n) is 13.3. The molecule has 24 heavy (non-hydrogen) atoms. The fraction of sp³-hybridized carbons (Fsp3) is 0.412. The molecular weight excluding hydrogens is 325 g/mol. The Morgan fingerprint density at radius 1 is 1.38 bits per heavy atom. The molecule has 2 atom stereocenters. The van der Waals surface area contributed by atoms with E-state index in [0.717, 1.165) is 24.4 Å². The molecule has 0 radical (unpaired) electrons. The molecule has 0 amide bonds. The van der Waals surface area contributed by atoms with Gasteiger partial charge in [-0.15, -0.1) is 11.3 Å². The van der Waals surface area contributed by atoms with Crippen LogP contribution >= 0.6 is 11.3 Å². The topological polar surface area (TPSA) is 45.5 Å². The zero-order chi connectivity index (χ0) is 16.4. The van der Waals surface area contributed by atoms with E-state index >= 15 is 0 Å². The van der Waals surface area contributed by atoms with Crippen LogP contribution in [0.3, 0.4) is 0 Å². The van der Waals surface area contributed by atoms with Gasteiger partial charge in [0.05, 0.1) is 18.1 Å². The quantitative estimate of drug-likeness (QED) is 0.746. The van der Waals surface area contributed by atoms with Crippen molar-refractivity contribution in [3.05, 3.63) is 52.9 Å². The molecule has 3 aromatic rings. The van der Waals surface area contributed by atoms with Crippen LogP contribution < -0.4 is 5.32 Å². The van der Waals surface area contributed by atoms with Gasteiger partial charge in [-0.1, -0.05) is 6.07 Å². The molecule has 1 aliphatic rings. The van der Waals surface area contributed by atoms with Crippen LogP contribution in [0.25, 0.3) is 5.65 Å². The molecule has 1 saturated heterocycles. The molecule has 7 heteroatoms. The summed E-state index contributed by atoms with van der Waals surface area (Å²) in [6, 6.07) is 4.41. The number of halogens is 1. The molecule has 0 unspecified atom stereocenters. The summed E-state index contributed by atoms with van der Waals surface area (Å²) in [5, 5.41) is 5.54. The predicted octanol–water partition coefficient (Wildman–Crippen LogP) is 2.49. The monoisotopic (exact) mass is 345 g/mol. The van der Waals surface area contributed by atoms with Gasteiger partial charge in [0.2, 0.25) is 0 Å². The number of likely N-dealkylation sites (tertiary alicyclic amines) is 1. The first-order chi connectivity index (χ1) is 11.8. The number of fused-ring (bicyclic) bond motifs is 1. The van der Waals surface area contributed by atoms with E-state index in [0.29, 0.717) is 19.5 Å². The number of nitrogens with one attached hydrogen (secondary N) is 1. The van der Waals surface area contributed by atoms with Gasteiger partial charge in [-0.05, 0) is 17.9 Å². The number of rotatable bonds is 6. The van der Waals surface area contributed by atoms with Crippen LogP contribution in [0.5, 0.6) is 0 Å². The largest absolute Gasteiger partial charge is 0.310 e. The van der Waals surface area contributed by atoms with Crippen molar-refractivity contribution in [2.75, 3.05) is 13.1 Å². The normalized spacial score (nSPS) is 21.7. The molecule has 5 nitrogen and oxygen atoms in total. The molecule has 4 rings (SSSR count). The summed E-state index contributed by atoms with van der Waals surface area (Å²) in [6.07, 6.45) is 7.16. The lowest BCUT2D eigenvalue weighted by Gasteiger charge is -2.23. The fourth-order valence-electron chi connectivity index (χ4n) is 3.32. The molecule has 0 aromatic carbocycles. The SMILES string of the molecule is F[C@H]1C[C@@H](CNCc2cnc3cnccn23)N(Cc2cccs2)C1. The lowest BCUT2D eigenvalue weighted by molar-refractivity contribution is 0.232. The third-order valence-electron chi connectivity index (χ3n) is 4.50.